The molecule has 0 radical (unpaired) electrons. The molecule has 0 saturated carbocycles. The topological polar surface area (TPSA) is 60.0 Å². The second-order valence-electron chi connectivity index (χ2n) is 4.54. The van der Waals surface area contributed by atoms with Gasteiger partial charge >= 0.3 is 0 Å². The Hall–Kier alpha value is -1.24. The van der Waals surface area contributed by atoms with E-state index < -0.39 is 0 Å². The first-order valence-corrected chi connectivity index (χ1v) is 6.99. The number of hydrogen-bond donors (Lipinski definition) is 1. The Kier molecular flexibility index (Phi) is 5.07. The van der Waals surface area contributed by atoms with Gasteiger partial charge in [-0.25, -0.2) is 0 Å². The molecule has 102 valence electrons. The van der Waals surface area contributed by atoms with Gasteiger partial charge in [0.05, 0.1) is 12.2 Å². The van der Waals surface area contributed by atoms with Crippen molar-refractivity contribution in [1.82, 2.24) is 19.9 Å². The van der Waals surface area contributed by atoms with Crippen LogP contribution in [-0.4, -0.2) is 33.5 Å². The molecule has 6 heteroatoms. The predicted molar refractivity (Wildman–Crippen MR) is 78.4 cm³/mol. The minimum absolute atomic E-state index is 0.438. The largest absolute Gasteiger partial charge is 0.325 e. The fraction of sp³-hybridized carbons (Fsp3) is 0.385. The quantitative estimate of drug-likeness (QED) is 0.877. The Balaban J connectivity index is 1.82. The number of nitrogens with two attached hydrogens (primary N) is 1. The first kappa shape index (κ1) is 14.2. The van der Waals surface area contributed by atoms with Crippen LogP contribution in [0.4, 0.5) is 0 Å². The maximum absolute atomic E-state index is 5.50. The van der Waals surface area contributed by atoms with E-state index in [4.69, 9.17) is 5.73 Å². The summed E-state index contributed by atoms with van der Waals surface area (Å²) < 4.78 is 2.95. The molecule has 1 heterocycles. The van der Waals surface area contributed by atoms with Gasteiger partial charge in [0.1, 0.15) is 0 Å². The fourth-order valence-corrected chi connectivity index (χ4v) is 2.29. The van der Waals surface area contributed by atoms with Gasteiger partial charge in [0, 0.05) is 30.3 Å². The highest BCUT2D eigenvalue weighted by molar-refractivity contribution is 9.10. The van der Waals surface area contributed by atoms with Crippen molar-refractivity contribution in [3.8, 4) is 0 Å². The van der Waals surface area contributed by atoms with E-state index in [0.29, 0.717) is 6.54 Å². The van der Waals surface area contributed by atoms with E-state index in [9.17, 15) is 0 Å². The summed E-state index contributed by atoms with van der Waals surface area (Å²) in [4.78, 5) is 2.26. The molecule has 2 rings (SSSR count). The van der Waals surface area contributed by atoms with Gasteiger partial charge in [0.25, 0.3) is 0 Å². The zero-order valence-electron chi connectivity index (χ0n) is 11.0. The van der Waals surface area contributed by atoms with Gasteiger partial charge < -0.3 is 10.6 Å². The van der Waals surface area contributed by atoms with Gasteiger partial charge in [-0.3, -0.25) is 4.68 Å². The molecule has 0 aliphatic heterocycles. The molecular weight excluding hydrogens is 306 g/mol. The van der Waals surface area contributed by atoms with E-state index in [-0.39, 0.29) is 0 Å². The van der Waals surface area contributed by atoms with Crippen LogP contribution < -0.4 is 5.73 Å². The van der Waals surface area contributed by atoms with E-state index in [1.54, 1.807) is 0 Å². The van der Waals surface area contributed by atoms with Gasteiger partial charge in [-0.15, -0.1) is 5.10 Å². The van der Waals surface area contributed by atoms with Crippen molar-refractivity contribution in [2.24, 2.45) is 5.73 Å². The molecule has 5 nitrogen and oxygen atoms in total. The van der Waals surface area contributed by atoms with Crippen LogP contribution in [0.1, 0.15) is 11.3 Å². The number of halogens is 1. The maximum atomic E-state index is 5.50. The number of rotatable bonds is 6. The van der Waals surface area contributed by atoms with Gasteiger partial charge in [-0.1, -0.05) is 33.3 Å². The van der Waals surface area contributed by atoms with Gasteiger partial charge in [0.2, 0.25) is 0 Å². The number of benzene rings is 1. The SMILES string of the molecule is CN(CCn1cc(CN)nn1)Cc1cccc(Br)c1. The van der Waals surface area contributed by atoms with Gasteiger partial charge in [0.15, 0.2) is 0 Å². The van der Waals surface area contributed by atoms with Crippen LogP contribution in [0.2, 0.25) is 0 Å². The van der Waals surface area contributed by atoms with Crippen LogP contribution in [0.3, 0.4) is 0 Å². The summed E-state index contributed by atoms with van der Waals surface area (Å²) in [6.07, 6.45) is 1.90. The van der Waals surface area contributed by atoms with Gasteiger partial charge in [-0.2, -0.15) is 0 Å². The summed E-state index contributed by atoms with van der Waals surface area (Å²) in [7, 11) is 2.10. The Morgan fingerprint density at radius 2 is 2.26 bits per heavy atom. The third-order valence-electron chi connectivity index (χ3n) is 2.85. The van der Waals surface area contributed by atoms with Crippen molar-refractivity contribution in [2.45, 2.75) is 19.6 Å². The molecule has 0 saturated heterocycles. The van der Waals surface area contributed by atoms with Crippen molar-refractivity contribution in [1.29, 1.82) is 0 Å². The molecule has 1 aromatic heterocycles. The normalized spacial score (nSPS) is 11.2. The molecular formula is C13H18BrN5. The number of hydrogen-bond acceptors (Lipinski definition) is 4. The van der Waals surface area contributed by atoms with Crippen LogP contribution in [0.15, 0.2) is 34.9 Å². The van der Waals surface area contributed by atoms with Crippen molar-refractivity contribution in [3.63, 3.8) is 0 Å². The summed E-state index contributed by atoms with van der Waals surface area (Å²) in [6.45, 7) is 3.09. The lowest BCUT2D eigenvalue weighted by atomic mass is 10.2. The average Bonchev–Trinajstić information content (AvgIpc) is 2.84. The molecule has 0 atom stereocenters. The Morgan fingerprint density at radius 3 is 2.95 bits per heavy atom. The third-order valence-corrected chi connectivity index (χ3v) is 3.34. The van der Waals surface area contributed by atoms with Crippen LogP contribution >= 0.6 is 15.9 Å². The van der Waals surface area contributed by atoms with E-state index in [1.165, 1.54) is 5.56 Å². The fourth-order valence-electron chi connectivity index (χ4n) is 1.84. The molecule has 2 N–H and O–H groups in total. The Morgan fingerprint density at radius 1 is 1.42 bits per heavy atom. The van der Waals surface area contributed by atoms with Crippen molar-refractivity contribution in [3.05, 3.63) is 46.2 Å². The van der Waals surface area contributed by atoms with E-state index in [0.717, 1.165) is 29.8 Å². The van der Waals surface area contributed by atoms with Crippen LogP contribution in [-0.2, 0) is 19.6 Å². The average molecular weight is 324 g/mol. The van der Waals surface area contributed by atoms with Crippen LogP contribution in [0.25, 0.3) is 0 Å². The van der Waals surface area contributed by atoms with Crippen molar-refractivity contribution >= 4 is 15.9 Å². The molecule has 2 aromatic rings. The monoisotopic (exact) mass is 323 g/mol. The molecule has 0 aliphatic carbocycles. The predicted octanol–water partition coefficient (Wildman–Crippen LogP) is 1.63. The van der Waals surface area contributed by atoms with E-state index in [2.05, 4.69) is 56.4 Å². The first-order valence-electron chi connectivity index (χ1n) is 6.19. The van der Waals surface area contributed by atoms with E-state index >= 15 is 0 Å². The lowest BCUT2D eigenvalue weighted by Gasteiger charge is -2.16. The zero-order valence-corrected chi connectivity index (χ0v) is 12.5. The highest BCUT2D eigenvalue weighted by atomic mass is 79.9. The standard InChI is InChI=1S/C13H18BrN5/c1-18(9-11-3-2-4-12(14)7-11)5-6-19-10-13(8-15)16-17-19/h2-4,7,10H,5-6,8-9,15H2,1H3. The van der Waals surface area contributed by atoms with E-state index in [1.807, 2.05) is 16.9 Å². The lowest BCUT2D eigenvalue weighted by Crippen LogP contribution is -2.23. The molecule has 0 spiro atoms. The Labute approximate surface area is 121 Å². The lowest BCUT2D eigenvalue weighted by molar-refractivity contribution is 0.304. The molecule has 0 fully saturated rings. The molecule has 0 amide bonds. The first-order chi connectivity index (χ1) is 9.17. The third kappa shape index (κ3) is 4.41. The zero-order chi connectivity index (χ0) is 13.7. The van der Waals surface area contributed by atoms with Crippen molar-refractivity contribution < 1.29 is 0 Å². The van der Waals surface area contributed by atoms with Crippen LogP contribution in [0.5, 0.6) is 0 Å². The minimum Gasteiger partial charge on any atom is -0.325 e. The highest BCUT2D eigenvalue weighted by Gasteiger charge is 2.03. The second-order valence-corrected chi connectivity index (χ2v) is 5.46. The highest BCUT2D eigenvalue weighted by Crippen LogP contribution is 2.12. The molecule has 0 unspecified atom stereocenters. The molecule has 0 bridgehead atoms. The second kappa shape index (κ2) is 6.79. The summed E-state index contributed by atoms with van der Waals surface area (Å²) in [5.74, 6) is 0. The summed E-state index contributed by atoms with van der Waals surface area (Å²) in [6, 6.07) is 8.35. The summed E-state index contributed by atoms with van der Waals surface area (Å²) in [5.41, 5.74) is 7.62. The molecule has 19 heavy (non-hydrogen) atoms. The summed E-state index contributed by atoms with van der Waals surface area (Å²) in [5, 5.41) is 8.00. The number of aromatic nitrogens is 3. The van der Waals surface area contributed by atoms with Gasteiger partial charge in [-0.05, 0) is 24.7 Å². The maximum Gasteiger partial charge on any atom is 0.0962 e. The number of nitrogens with zero attached hydrogens (tertiary/aromatic N) is 4. The number of likely N-dealkylation sites (N-methyl/N-ethyl adjacent to an activating group) is 1. The summed E-state index contributed by atoms with van der Waals surface area (Å²) >= 11 is 3.49. The van der Waals surface area contributed by atoms with Crippen LogP contribution in [0, 0.1) is 0 Å². The smallest absolute Gasteiger partial charge is 0.0962 e. The Bertz CT molecular complexity index is 525. The molecule has 0 aliphatic rings. The van der Waals surface area contributed by atoms with Crippen molar-refractivity contribution in [2.75, 3.05) is 13.6 Å². The molecule has 1 aromatic carbocycles. The minimum atomic E-state index is 0.438.